The Morgan fingerprint density at radius 3 is 1.20 bits per heavy atom. The average Bonchev–Trinajstić information content (AvgIpc) is 2.67. The Labute approximate surface area is 184 Å². The highest BCUT2D eigenvalue weighted by Crippen LogP contribution is 2.54. The van der Waals surface area contributed by atoms with Crippen LogP contribution in [0.25, 0.3) is 0 Å². The zero-order chi connectivity index (χ0) is 22.4. The van der Waals surface area contributed by atoms with E-state index in [1.807, 2.05) is 27.7 Å². The number of benzene rings is 1. The molecule has 172 valence electrons. The highest BCUT2D eigenvalue weighted by atomic mass is 31.2. The minimum Gasteiger partial charge on any atom is -0.423 e. The van der Waals surface area contributed by atoms with Gasteiger partial charge in [-0.1, -0.05) is 27.7 Å². The van der Waals surface area contributed by atoms with E-state index >= 15 is 0 Å². The van der Waals surface area contributed by atoms with E-state index in [-0.39, 0.29) is 10.8 Å². The molecule has 0 bridgehead atoms. The van der Waals surface area contributed by atoms with Gasteiger partial charge in [-0.3, -0.25) is 0 Å². The number of hydrogen-bond donors (Lipinski definition) is 0. The van der Waals surface area contributed by atoms with Crippen molar-refractivity contribution in [3.05, 3.63) is 23.3 Å². The van der Waals surface area contributed by atoms with E-state index in [0.717, 1.165) is 12.8 Å². The maximum atomic E-state index is 6.21. The van der Waals surface area contributed by atoms with E-state index in [1.54, 1.807) is 0 Å². The molecule has 0 saturated heterocycles. The molecule has 0 amide bonds. The number of hydrogen-bond acceptors (Lipinski definition) is 6. The van der Waals surface area contributed by atoms with Crippen molar-refractivity contribution >= 4 is 17.2 Å². The highest BCUT2D eigenvalue weighted by Gasteiger charge is 2.39. The van der Waals surface area contributed by atoms with Gasteiger partial charge in [-0.05, 0) is 74.6 Å². The van der Waals surface area contributed by atoms with Gasteiger partial charge in [0.1, 0.15) is 0 Å². The molecular weight excluding hydrogens is 422 g/mol. The molecular formula is C22H38O6P2. The molecule has 8 heteroatoms. The van der Waals surface area contributed by atoms with Crippen molar-refractivity contribution in [1.29, 1.82) is 0 Å². The van der Waals surface area contributed by atoms with Gasteiger partial charge in [0.05, 0.1) is 26.4 Å². The molecule has 1 aromatic rings. The molecule has 0 aromatic heterocycles. The first kappa shape index (κ1) is 25.8. The molecule has 0 N–H and O–H groups in total. The van der Waals surface area contributed by atoms with Crippen LogP contribution in [0.3, 0.4) is 0 Å². The standard InChI is InChI=1S/C22H38O6P2/c1-9-23-29(24-10-2)27-19-15-17-18(22(7,8)14-13-21(17,5)6)16-20(19)28-30(25-11-3)26-12-4/h15-16H,9-14H2,1-8H3. The lowest BCUT2D eigenvalue weighted by atomic mass is 9.63. The maximum absolute atomic E-state index is 6.21. The molecule has 0 aliphatic heterocycles. The van der Waals surface area contributed by atoms with Gasteiger partial charge >= 0.3 is 17.2 Å². The fourth-order valence-corrected chi connectivity index (χ4v) is 5.29. The first-order valence-corrected chi connectivity index (χ1v) is 13.0. The Morgan fingerprint density at radius 1 is 0.633 bits per heavy atom. The molecule has 1 aliphatic carbocycles. The first-order chi connectivity index (χ1) is 14.2. The quantitative estimate of drug-likeness (QED) is 0.303. The van der Waals surface area contributed by atoms with Crippen molar-refractivity contribution < 1.29 is 27.1 Å². The number of rotatable bonds is 12. The lowest BCUT2D eigenvalue weighted by molar-refractivity contribution is 0.210. The van der Waals surface area contributed by atoms with Crippen molar-refractivity contribution in [3.63, 3.8) is 0 Å². The van der Waals surface area contributed by atoms with Gasteiger partial charge in [0.15, 0.2) is 11.5 Å². The Hall–Kier alpha value is -0.480. The van der Waals surface area contributed by atoms with Gasteiger partial charge in [-0.15, -0.1) is 0 Å². The van der Waals surface area contributed by atoms with Gasteiger partial charge < -0.3 is 27.1 Å². The lowest BCUT2D eigenvalue weighted by Crippen LogP contribution is -2.33. The minimum absolute atomic E-state index is 0.0477. The van der Waals surface area contributed by atoms with Gasteiger partial charge in [0.2, 0.25) is 0 Å². The third-order valence-corrected chi connectivity index (χ3v) is 7.77. The van der Waals surface area contributed by atoms with Crippen LogP contribution in [0.15, 0.2) is 12.1 Å². The van der Waals surface area contributed by atoms with Gasteiger partial charge in [0.25, 0.3) is 0 Å². The smallest absolute Gasteiger partial charge is 0.397 e. The second kappa shape index (κ2) is 11.4. The Morgan fingerprint density at radius 2 is 0.933 bits per heavy atom. The van der Waals surface area contributed by atoms with Crippen LogP contribution in [0.1, 0.15) is 79.4 Å². The van der Waals surface area contributed by atoms with Crippen LogP contribution in [0, 0.1) is 0 Å². The third-order valence-electron chi connectivity index (χ3n) is 5.20. The average molecular weight is 460 g/mol. The summed E-state index contributed by atoms with van der Waals surface area (Å²) in [5.41, 5.74) is 2.65. The summed E-state index contributed by atoms with van der Waals surface area (Å²) in [6.07, 6.45) is 2.23. The summed E-state index contributed by atoms with van der Waals surface area (Å²) in [6, 6.07) is 4.20. The summed E-state index contributed by atoms with van der Waals surface area (Å²) < 4.78 is 35.2. The summed E-state index contributed by atoms with van der Waals surface area (Å²) in [5, 5.41) is 0. The molecule has 1 aliphatic rings. The summed E-state index contributed by atoms with van der Waals surface area (Å²) in [6.45, 7) is 18.9. The van der Waals surface area contributed by atoms with Crippen LogP contribution >= 0.6 is 17.2 Å². The first-order valence-electron chi connectivity index (χ1n) is 10.8. The summed E-state index contributed by atoms with van der Waals surface area (Å²) in [5.74, 6) is 1.22. The molecule has 0 spiro atoms. The van der Waals surface area contributed by atoms with Crippen LogP contribution in [-0.4, -0.2) is 26.4 Å². The van der Waals surface area contributed by atoms with Gasteiger partial charge in [-0.2, -0.15) is 0 Å². The monoisotopic (exact) mass is 460 g/mol. The molecule has 1 aromatic carbocycles. The largest absolute Gasteiger partial charge is 0.423 e. The van der Waals surface area contributed by atoms with E-state index in [0.29, 0.717) is 37.9 Å². The Kier molecular flexibility index (Phi) is 9.80. The van der Waals surface area contributed by atoms with Crippen molar-refractivity contribution in [2.75, 3.05) is 26.4 Å². The molecule has 0 unspecified atom stereocenters. The van der Waals surface area contributed by atoms with E-state index in [1.165, 1.54) is 11.1 Å². The molecule has 30 heavy (non-hydrogen) atoms. The zero-order valence-electron chi connectivity index (χ0n) is 19.7. The second-order valence-electron chi connectivity index (χ2n) is 8.41. The lowest BCUT2D eigenvalue weighted by Gasteiger charge is -2.42. The zero-order valence-corrected chi connectivity index (χ0v) is 21.5. The molecule has 0 heterocycles. The molecule has 0 atom stereocenters. The summed E-state index contributed by atoms with van der Waals surface area (Å²) >= 11 is 0. The molecule has 0 fully saturated rings. The van der Waals surface area contributed by atoms with Crippen LogP contribution in [0.4, 0.5) is 0 Å². The normalized spacial score (nSPS) is 17.3. The van der Waals surface area contributed by atoms with Gasteiger partial charge in [0, 0.05) is 0 Å². The minimum atomic E-state index is -1.52. The van der Waals surface area contributed by atoms with E-state index < -0.39 is 17.2 Å². The summed E-state index contributed by atoms with van der Waals surface area (Å²) in [4.78, 5) is 0. The van der Waals surface area contributed by atoms with E-state index in [4.69, 9.17) is 27.1 Å². The predicted octanol–water partition coefficient (Wildman–Crippen LogP) is 7.39. The fourth-order valence-electron chi connectivity index (χ4n) is 3.48. The highest BCUT2D eigenvalue weighted by molar-refractivity contribution is 7.42. The third kappa shape index (κ3) is 6.51. The predicted molar refractivity (Wildman–Crippen MR) is 123 cm³/mol. The topological polar surface area (TPSA) is 55.4 Å². The van der Waals surface area contributed by atoms with Crippen molar-refractivity contribution in [3.8, 4) is 11.5 Å². The van der Waals surface area contributed by atoms with Crippen LogP contribution in [-0.2, 0) is 28.9 Å². The Balaban J connectivity index is 2.52. The van der Waals surface area contributed by atoms with Crippen molar-refractivity contribution in [2.45, 2.75) is 79.1 Å². The molecule has 6 nitrogen and oxygen atoms in total. The molecule has 2 rings (SSSR count). The van der Waals surface area contributed by atoms with Crippen molar-refractivity contribution in [1.82, 2.24) is 0 Å². The second-order valence-corrected chi connectivity index (χ2v) is 10.7. The van der Waals surface area contributed by atoms with E-state index in [9.17, 15) is 0 Å². The number of fused-ring (bicyclic) bond motifs is 1. The summed E-state index contributed by atoms with van der Waals surface area (Å²) in [7, 11) is -3.03. The SMILES string of the molecule is CCOP(OCC)Oc1cc2c(cc1OP(OCC)OCC)C(C)(C)CCC2(C)C. The maximum Gasteiger partial charge on any atom is 0.397 e. The van der Waals surface area contributed by atoms with Gasteiger partial charge in [-0.25, -0.2) is 0 Å². The fraction of sp³-hybridized carbons (Fsp3) is 0.727. The Bertz CT molecular complexity index is 611. The van der Waals surface area contributed by atoms with E-state index in [2.05, 4.69) is 39.8 Å². The van der Waals surface area contributed by atoms with Crippen LogP contribution in [0.2, 0.25) is 0 Å². The van der Waals surface area contributed by atoms with Crippen LogP contribution in [0.5, 0.6) is 11.5 Å². The molecule has 0 saturated carbocycles. The van der Waals surface area contributed by atoms with Crippen molar-refractivity contribution in [2.24, 2.45) is 0 Å². The van der Waals surface area contributed by atoms with Crippen LogP contribution < -0.4 is 9.05 Å². The molecule has 0 radical (unpaired) electrons.